The molecule has 234 valence electrons. The molecule has 0 saturated carbocycles. The van der Waals surface area contributed by atoms with Gasteiger partial charge in [0.1, 0.15) is 0 Å². The molecule has 0 unspecified atom stereocenters. The summed E-state index contributed by atoms with van der Waals surface area (Å²) in [6.45, 7) is 3.60. The first kappa shape index (κ1) is 32.5. The highest BCUT2D eigenvalue weighted by atomic mass is 35.5. The third-order valence-corrected chi connectivity index (χ3v) is 7.98. The second-order valence-corrected chi connectivity index (χ2v) is 11.8. The first-order valence-corrected chi connectivity index (χ1v) is 15.6. The van der Waals surface area contributed by atoms with E-state index in [1.165, 1.54) is 24.7 Å². The van der Waals surface area contributed by atoms with Crippen molar-refractivity contribution < 1.29 is 19.1 Å². The van der Waals surface area contributed by atoms with E-state index in [1.54, 1.807) is 24.3 Å². The van der Waals surface area contributed by atoms with Crippen LogP contribution in [0.1, 0.15) is 27.0 Å². The maximum Gasteiger partial charge on any atom is 0.271 e. The van der Waals surface area contributed by atoms with Crippen LogP contribution in [-0.4, -0.2) is 36.7 Å². The van der Waals surface area contributed by atoms with Gasteiger partial charge in [0.15, 0.2) is 23.2 Å². The maximum absolute atomic E-state index is 12.7. The first-order valence-electron chi connectivity index (χ1n) is 14.0. The molecule has 3 N–H and O–H groups in total. The van der Waals surface area contributed by atoms with Crippen molar-refractivity contribution in [2.75, 3.05) is 24.4 Å². The van der Waals surface area contributed by atoms with Crippen molar-refractivity contribution in [2.24, 2.45) is 5.10 Å². The molecular formula is C34H29Cl2N5O4S. The van der Waals surface area contributed by atoms with Crippen LogP contribution in [-0.2, 0) is 4.79 Å². The Hall–Kier alpha value is -4.90. The molecule has 1 heterocycles. The molecule has 5 rings (SSSR count). The number of nitrogens with zero attached hydrogens (tertiary/aromatic N) is 2. The zero-order valence-electron chi connectivity index (χ0n) is 25.1. The van der Waals surface area contributed by atoms with Crippen LogP contribution in [0.25, 0.3) is 11.3 Å². The van der Waals surface area contributed by atoms with Gasteiger partial charge in [-0.2, -0.15) is 5.10 Å². The fourth-order valence-corrected chi connectivity index (χ4v) is 5.43. The summed E-state index contributed by atoms with van der Waals surface area (Å²) < 4.78 is 11.1. The number of methoxy groups -OCH3 is 1. The van der Waals surface area contributed by atoms with Crippen molar-refractivity contribution in [3.05, 3.63) is 117 Å². The number of benzene rings is 4. The van der Waals surface area contributed by atoms with E-state index in [4.69, 9.17) is 32.7 Å². The number of aromatic nitrogens is 1. The molecule has 0 bridgehead atoms. The Balaban J connectivity index is 1.16. The third kappa shape index (κ3) is 8.42. The summed E-state index contributed by atoms with van der Waals surface area (Å²) in [7, 11) is 1.46. The summed E-state index contributed by atoms with van der Waals surface area (Å²) >= 11 is 13.9. The summed E-state index contributed by atoms with van der Waals surface area (Å²) in [4.78, 5) is 29.9. The Labute approximate surface area is 280 Å². The molecule has 4 aromatic carbocycles. The second-order valence-electron chi connectivity index (χ2n) is 10.1. The van der Waals surface area contributed by atoms with Gasteiger partial charge in [-0.25, -0.2) is 10.4 Å². The lowest BCUT2D eigenvalue weighted by Crippen LogP contribution is -2.21. The molecule has 0 aliphatic rings. The smallest absolute Gasteiger partial charge is 0.271 e. The zero-order valence-corrected chi connectivity index (χ0v) is 27.4. The topological polar surface area (TPSA) is 114 Å². The number of carbonyl (C=O) groups is 2. The van der Waals surface area contributed by atoms with Gasteiger partial charge in [0.2, 0.25) is 0 Å². The van der Waals surface area contributed by atoms with Gasteiger partial charge in [-0.1, -0.05) is 47.5 Å². The molecule has 12 heteroatoms. The van der Waals surface area contributed by atoms with E-state index in [9.17, 15) is 9.59 Å². The molecule has 0 aliphatic carbocycles. The second kappa shape index (κ2) is 14.9. The van der Waals surface area contributed by atoms with Gasteiger partial charge in [0.25, 0.3) is 11.8 Å². The lowest BCUT2D eigenvalue weighted by molar-refractivity contribution is -0.118. The van der Waals surface area contributed by atoms with Crippen LogP contribution in [0.15, 0.2) is 89.3 Å². The molecule has 0 aliphatic heterocycles. The number of ether oxygens (including phenoxy) is 2. The molecule has 0 fully saturated rings. The lowest BCUT2D eigenvalue weighted by Gasteiger charge is -2.14. The van der Waals surface area contributed by atoms with Crippen LogP contribution in [0.2, 0.25) is 10.0 Å². The van der Waals surface area contributed by atoms with Crippen molar-refractivity contribution in [3.8, 4) is 22.8 Å². The van der Waals surface area contributed by atoms with Crippen LogP contribution in [0.3, 0.4) is 0 Å². The minimum atomic E-state index is -0.390. The molecule has 9 nitrogen and oxygen atoms in total. The Morgan fingerprint density at radius 3 is 2.48 bits per heavy atom. The molecule has 0 atom stereocenters. The number of hydrogen-bond donors (Lipinski definition) is 3. The number of amides is 2. The summed E-state index contributed by atoms with van der Waals surface area (Å²) in [6, 6.07) is 23.5. The molecule has 0 spiro atoms. The predicted molar refractivity (Wildman–Crippen MR) is 185 cm³/mol. The van der Waals surface area contributed by atoms with Crippen LogP contribution in [0, 0.1) is 13.8 Å². The molecule has 0 saturated heterocycles. The normalized spacial score (nSPS) is 10.9. The van der Waals surface area contributed by atoms with Crippen molar-refractivity contribution >= 4 is 69.1 Å². The van der Waals surface area contributed by atoms with Gasteiger partial charge in [-0.15, -0.1) is 11.3 Å². The monoisotopic (exact) mass is 673 g/mol. The molecule has 1 aromatic heterocycles. The van der Waals surface area contributed by atoms with E-state index in [1.807, 2.05) is 73.8 Å². The van der Waals surface area contributed by atoms with E-state index in [0.717, 1.165) is 33.2 Å². The third-order valence-electron chi connectivity index (χ3n) is 6.69. The largest absolute Gasteiger partial charge is 0.493 e. The number of hydrazone groups is 1. The number of halogens is 2. The molecular weight excluding hydrogens is 645 g/mol. The molecule has 46 heavy (non-hydrogen) atoms. The summed E-state index contributed by atoms with van der Waals surface area (Å²) in [5, 5.41) is 13.7. The van der Waals surface area contributed by atoms with Gasteiger partial charge >= 0.3 is 0 Å². The van der Waals surface area contributed by atoms with Gasteiger partial charge in [0.05, 0.1) is 24.0 Å². The van der Waals surface area contributed by atoms with Crippen LogP contribution < -0.4 is 25.5 Å². The number of anilines is 3. The van der Waals surface area contributed by atoms with Gasteiger partial charge in [-0.05, 0) is 85.1 Å². The number of thiazole rings is 1. The number of aryl methyl sites for hydroxylation is 2. The first-order chi connectivity index (χ1) is 22.2. The summed E-state index contributed by atoms with van der Waals surface area (Å²) in [5.74, 6) is -0.201. The average Bonchev–Trinajstić information content (AvgIpc) is 3.51. The van der Waals surface area contributed by atoms with Crippen molar-refractivity contribution in [2.45, 2.75) is 13.8 Å². The van der Waals surface area contributed by atoms with Crippen LogP contribution >= 0.6 is 34.5 Å². The minimum absolute atomic E-state index is 0.217. The van der Waals surface area contributed by atoms with E-state index in [0.29, 0.717) is 27.6 Å². The van der Waals surface area contributed by atoms with E-state index >= 15 is 0 Å². The van der Waals surface area contributed by atoms with Crippen molar-refractivity contribution in [1.29, 1.82) is 0 Å². The fourth-order valence-electron chi connectivity index (χ4n) is 4.29. The highest BCUT2D eigenvalue weighted by Crippen LogP contribution is 2.36. The van der Waals surface area contributed by atoms with E-state index in [-0.39, 0.29) is 29.2 Å². The fraction of sp³-hybridized carbons (Fsp3) is 0.118. The highest BCUT2D eigenvalue weighted by Gasteiger charge is 2.15. The standard InChI is InChI=1S/C34H29Cl2N5O4S/c1-20-4-5-21(2)28(14-20)39-31(42)18-45-32-27(36)15-22(16-30(32)44-3)17-37-41-33(43)24-8-6-23(7-9-24)29-19-46-34(40-29)38-26-12-10-25(35)11-13-26/h4-17,19H,18H2,1-3H3,(H,38,40)(H,39,42)(H,41,43)/b37-17-. The lowest BCUT2D eigenvalue weighted by atomic mass is 10.1. The quantitative estimate of drug-likeness (QED) is 0.0961. The number of rotatable bonds is 11. The minimum Gasteiger partial charge on any atom is -0.493 e. The Morgan fingerprint density at radius 1 is 0.978 bits per heavy atom. The van der Waals surface area contributed by atoms with Crippen LogP contribution in [0.5, 0.6) is 11.5 Å². The van der Waals surface area contributed by atoms with Gasteiger partial charge in [-0.3, -0.25) is 9.59 Å². The highest BCUT2D eigenvalue weighted by molar-refractivity contribution is 7.14. The predicted octanol–water partition coefficient (Wildman–Crippen LogP) is 8.27. The van der Waals surface area contributed by atoms with Gasteiger partial charge < -0.3 is 20.1 Å². The Bertz CT molecular complexity index is 1890. The maximum atomic E-state index is 12.7. The Kier molecular flexibility index (Phi) is 10.5. The molecule has 2 amide bonds. The van der Waals surface area contributed by atoms with Gasteiger partial charge in [0, 0.05) is 32.9 Å². The summed E-state index contributed by atoms with van der Waals surface area (Å²) in [5.41, 5.74) is 8.72. The van der Waals surface area contributed by atoms with Crippen LogP contribution in [0.4, 0.5) is 16.5 Å². The number of carbonyl (C=O) groups excluding carboxylic acids is 2. The zero-order chi connectivity index (χ0) is 32.6. The van der Waals surface area contributed by atoms with E-state index in [2.05, 4.69) is 26.1 Å². The average molecular weight is 675 g/mol. The number of hydrogen-bond acceptors (Lipinski definition) is 8. The van der Waals surface area contributed by atoms with Crippen molar-refractivity contribution in [3.63, 3.8) is 0 Å². The van der Waals surface area contributed by atoms with Crippen molar-refractivity contribution in [1.82, 2.24) is 10.4 Å². The SMILES string of the molecule is COc1cc(/C=N\NC(=O)c2ccc(-c3csc(Nc4ccc(Cl)cc4)n3)cc2)cc(Cl)c1OCC(=O)Nc1cc(C)ccc1C. The number of nitrogens with one attached hydrogen (secondary N) is 3. The molecule has 0 radical (unpaired) electrons. The Morgan fingerprint density at radius 2 is 1.74 bits per heavy atom. The molecule has 5 aromatic rings. The van der Waals surface area contributed by atoms with E-state index < -0.39 is 0 Å². The summed E-state index contributed by atoms with van der Waals surface area (Å²) in [6.07, 6.45) is 1.43.